The second-order valence-electron chi connectivity index (χ2n) is 3.09. The lowest BCUT2D eigenvalue weighted by atomic mass is 10.0. The van der Waals surface area contributed by atoms with E-state index in [2.05, 4.69) is 13.8 Å². The van der Waals surface area contributed by atoms with Crippen molar-refractivity contribution in [1.82, 2.24) is 0 Å². The van der Waals surface area contributed by atoms with E-state index in [4.69, 9.17) is 0 Å². The van der Waals surface area contributed by atoms with Gasteiger partial charge in [-0.05, 0) is 19.3 Å². The van der Waals surface area contributed by atoms with Gasteiger partial charge in [0.25, 0.3) is 0 Å². The van der Waals surface area contributed by atoms with Gasteiger partial charge in [0.05, 0.1) is 11.3 Å². The number of hydrogen-bond donors (Lipinski definition) is 0. The summed E-state index contributed by atoms with van der Waals surface area (Å²) in [4.78, 5) is 1.03. The molecule has 66 valence electrons. The van der Waals surface area contributed by atoms with Crippen LogP contribution in [0.15, 0.2) is 0 Å². The highest BCUT2D eigenvalue weighted by molar-refractivity contribution is 7.66. The zero-order valence-corrected chi connectivity index (χ0v) is 8.54. The molecule has 0 N–H and O–H groups in total. The second kappa shape index (κ2) is 6.59. The molecule has 0 heterocycles. The Morgan fingerprint density at radius 3 is 2.55 bits per heavy atom. The summed E-state index contributed by atoms with van der Waals surface area (Å²) in [6.45, 7) is 6.27. The van der Waals surface area contributed by atoms with Gasteiger partial charge < -0.3 is 0 Å². The van der Waals surface area contributed by atoms with E-state index in [1.165, 1.54) is 25.7 Å². The van der Waals surface area contributed by atoms with Gasteiger partial charge >= 0.3 is 0 Å². The molecule has 0 aliphatic rings. The number of unbranched alkanes of at least 4 members (excludes halogenated alkanes) is 2. The van der Waals surface area contributed by atoms with Crippen LogP contribution in [0.5, 0.6) is 0 Å². The Hall–Kier alpha value is -0.110. The Kier molecular flexibility index (Phi) is 6.52. The quantitative estimate of drug-likeness (QED) is 0.462. The lowest BCUT2D eigenvalue weighted by molar-refractivity contribution is 0.599. The third-order valence-electron chi connectivity index (χ3n) is 2.07. The normalized spacial score (nSPS) is 12.6. The van der Waals surface area contributed by atoms with E-state index in [9.17, 15) is 4.21 Å². The van der Waals surface area contributed by atoms with Crippen molar-refractivity contribution >= 4 is 16.1 Å². The van der Waals surface area contributed by atoms with Crippen molar-refractivity contribution in [2.45, 2.75) is 46.5 Å². The van der Waals surface area contributed by atoms with Gasteiger partial charge in [0.2, 0.25) is 0 Å². The maximum absolute atomic E-state index is 10.4. The molecule has 0 spiro atoms. The summed E-state index contributed by atoms with van der Waals surface area (Å²) in [6.07, 6.45) is 4.99. The van der Waals surface area contributed by atoms with Gasteiger partial charge in [0.15, 0.2) is 0 Å². The fourth-order valence-corrected chi connectivity index (χ4v) is 1.27. The van der Waals surface area contributed by atoms with Gasteiger partial charge in [-0.2, -0.15) is 0 Å². The van der Waals surface area contributed by atoms with E-state index in [1.807, 2.05) is 6.92 Å². The average Bonchev–Trinajstić information content (AvgIpc) is 2.03. The van der Waals surface area contributed by atoms with Crippen LogP contribution in [0.3, 0.4) is 0 Å². The maximum atomic E-state index is 10.4. The predicted octanol–water partition coefficient (Wildman–Crippen LogP) is 2.61. The zero-order valence-electron chi connectivity index (χ0n) is 7.72. The fraction of sp³-hybridized carbons (Fsp3) is 0.889. The van der Waals surface area contributed by atoms with E-state index in [0.717, 1.165) is 4.86 Å². The van der Waals surface area contributed by atoms with Crippen molar-refractivity contribution in [3.8, 4) is 0 Å². The summed E-state index contributed by atoms with van der Waals surface area (Å²) in [6, 6.07) is 0. The van der Waals surface area contributed by atoms with Crippen LogP contribution in [0.25, 0.3) is 0 Å². The first-order valence-electron chi connectivity index (χ1n) is 4.35. The van der Waals surface area contributed by atoms with Crippen molar-refractivity contribution in [2.24, 2.45) is 5.92 Å². The van der Waals surface area contributed by atoms with Gasteiger partial charge in [-0.25, -0.2) is 4.21 Å². The molecule has 0 aromatic heterocycles. The highest BCUT2D eigenvalue weighted by atomic mass is 32.1. The maximum Gasteiger partial charge on any atom is 0.0875 e. The van der Waals surface area contributed by atoms with Crippen molar-refractivity contribution in [2.75, 3.05) is 0 Å². The van der Waals surface area contributed by atoms with Gasteiger partial charge in [-0.3, -0.25) is 0 Å². The largest absolute Gasteiger partial charge is 0.212 e. The van der Waals surface area contributed by atoms with E-state index in [-0.39, 0.29) is 0 Å². The van der Waals surface area contributed by atoms with Crippen molar-refractivity contribution in [3.63, 3.8) is 0 Å². The molecule has 0 fully saturated rings. The first-order valence-corrected chi connectivity index (χ1v) is 5.09. The molecule has 11 heavy (non-hydrogen) atoms. The SMILES string of the molecule is CCCCCC(C)C(C)=S=O. The van der Waals surface area contributed by atoms with Gasteiger partial charge in [0, 0.05) is 4.86 Å². The zero-order chi connectivity index (χ0) is 8.69. The summed E-state index contributed by atoms with van der Waals surface area (Å²) in [5, 5.41) is 0. The van der Waals surface area contributed by atoms with Crippen LogP contribution in [-0.4, -0.2) is 9.07 Å². The summed E-state index contributed by atoms with van der Waals surface area (Å²) in [5.74, 6) is 0.504. The van der Waals surface area contributed by atoms with Gasteiger partial charge in [-0.1, -0.05) is 33.1 Å². The Morgan fingerprint density at radius 1 is 1.45 bits per heavy atom. The Bertz CT molecular complexity index is 148. The summed E-state index contributed by atoms with van der Waals surface area (Å²) >= 11 is 0.658. The van der Waals surface area contributed by atoms with Crippen molar-refractivity contribution in [3.05, 3.63) is 0 Å². The third kappa shape index (κ3) is 5.19. The van der Waals surface area contributed by atoms with Crippen molar-refractivity contribution in [1.29, 1.82) is 0 Å². The van der Waals surface area contributed by atoms with Crippen LogP contribution in [0.1, 0.15) is 46.5 Å². The monoisotopic (exact) mass is 174 g/mol. The summed E-state index contributed by atoms with van der Waals surface area (Å²) < 4.78 is 10.4. The summed E-state index contributed by atoms with van der Waals surface area (Å²) in [7, 11) is 0. The smallest absolute Gasteiger partial charge is 0.0875 e. The molecule has 0 aliphatic carbocycles. The van der Waals surface area contributed by atoms with Crippen LogP contribution in [0.2, 0.25) is 0 Å². The standard InChI is InChI=1S/C9H18OS/c1-4-5-6-7-8(2)9(3)11-10/h8H,4-7H2,1-3H3. The van der Waals surface area contributed by atoms with Gasteiger partial charge in [-0.15, -0.1) is 0 Å². The molecule has 0 bridgehead atoms. The molecular formula is C9H18OS. The Balaban J connectivity index is 3.52. The first-order chi connectivity index (χ1) is 5.22. The van der Waals surface area contributed by atoms with E-state index in [1.54, 1.807) is 0 Å². The highest BCUT2D eigenvalue weighted by Crippen LogP contribution is 2.09. The molecule has 0 rings (SSSR count). The Labute approximate surface area is 73.3 Å². The van der Waals surface area contributed by atoms with Crippen LogP contribution in [0, 0.1) is 5.92 Å². The Morgan fingerprint density at radius 2 is 2.09 bits per heavy atom. The molecule has 1 unspecified atom stereocenters. The van der Waals surface area contributed by atoms with E-state index >= 15 is 0 Å². The van der Waals surface area contributed by atoms with Crippen molar-refractivity contribution < 1.29 is 4.21 Å². The number of hydrogen-bond acceptors (Lipinski definition) is 1. The molecule has 0 saturated carbocycles. The molecule has 1 atom stereocenters. The fourth-order valence-electron chi connectivity index (χ4n) is 0.986. The van der Waals surface area contributed by atoms with Gasteiger partial charge in [0.1, 0.15) is 0 Å². The van der Waals surface area contributed by atoms with E-state index in [0.29, 0.717) is 17.2 Å². The van der Waals surface area contributed by atoms with E-state index < -0.39 is 0 Å². The number of rotatable bonds is 5. The third-order valence-corrected chi connectivity index (χ3v) is 2.73. The molecule has 0 aliphatic heterocycles. The molecule has 0 aromatic carbocycles. The summed E-state index contributed by atoms with van der Waals surface area (Å²) in [5.41, 5.74) is 0. The minimum atomic E-state index is 0.504. The molecule has 0 amide bonds. The molecule has 0 saturated heterocycles. The van der Waals surface area contributed by atoms with Crippen LogP contribution >= 0.6 is 0 Å². The predicted molar refractivity (Wildman–Crippen MR) is 52.1 cm³/mol. The lowest BCUT2D eigenvalue weighted by Crippen LogP contribution is -2.05. The molecular weight excluding hydrogens is 156 g/mol. The topological polar surface area (TPSA) is 17.1 Å². The van der Waals surface area contributed by atoms with Crippen LogP contribution in [-0.2, 0) is 11.3 Å². The molecule has 0 radical (unpaired) electrons. The minimum Gasteiger partial charge on any atom is -0.212 e. The molecule has 1 nitrogen and oxygen atoms in total. The average molecular weight is 174 g/mol. The van der Waals surface area contributed by atoms with Crippen LogP contribution in [0.4, 0.5) is 0 Å². The highest BCUT2D eigenvalue weighted by Gasteiger charge is 2.03. The molecule has 2 heteroatoms. The van der Waals surface area contributed by atoms with Crippen LogP contribution < -0.4 is 0 Å². The first kappa shape index (κ1) is 10.9. The second-order valence-corrected chi connectivity index (χ2v) is 3.90. The minimum absolute atomic E-state index is 0.504. The lowest BCUT2D eigenvalue weighted by Gasteiger charge is -2.07. The molecule has 0 aromatic rings.